The highest BCUT2D eigenvalue weighted by atomic mass is 35.5. The van der Waals surface area contributed by atoms with E-state index in [1.165, 1.54) is 31.7 Å². The number of hydrogen-bond acceptors (Lipinski definition) is 2. The molecule has 0 radical (unpaired) electrons. The number of nitrogens with zero attached hydrogens (tertiary/aromatic N) is 2. The predicted molar refractivity (Wildman–Crippen MR) is 67.2 cm³/mol. The van der Waals surface area contributed by atoms with Crippen LogP contribution in [-0.2, 0) is 6.54 Å². The summed E-state index contributed by atoms with van der Waals surface area (Å²) in [4.78, 5) is 16.1. The van der Waals surface area contributed by atoms with E-state index < -0.39 is 0 Å². The number of aryl methyl sites for hydroxylation is 1. The molecule has 3 atom stereocenters. The Morgan fingerprint density at radius 1 is 1.47 bits per heavy atom. The number of aromatic nitrogens is 2. The smallest absolute Gasteiger partial charge is 0.254 e. The van der Waals surface area contributed by atoms with Crippen molar-refractivity contribution in [1.82, 2.24) is 9.55 Å². The van der Waals surface area contributed by atoms with Crippen LogP contribution in [0.2, 0.25) is 5.15 Å². The molecule has 3 unspecified atom stereocenters. The van der Waals surface area contributed by atoms with Gasteiger partial charge in [-0.25, -0.2) is 4.98 Å². The van der Waals surface area contributed by atoms with E-state index in [4.69, 9.17) is 11.6 Å². The van der Waals surface area contributed by atoms with Crippen LogP contribution in [0, 0.1) is 24.7 Å². The Hall–Kier alpha value is -0.830. The van der Waals surface area contributed by atoms with E-state index >= 15 is 0 Å². The number of rotatable bonds is 2. The molecule has 0 aliphatic heterocycles. The molecule has 0 amide bonds. The van der Waals surface area contributed by atoms with Gasteiger partial charge in [0.05, 0.1) is 0 Å². The minimum Gasteiger partial charge on any atom is -0.297 e. The normalized spacial score (nSPS) is 31.1. The molecule has 0 aromatic carbocycles. The Morgan fingerprint density at radius 2 is 2.29 bits per heavy atom. The van der Waals surface area contributed by atoms with E-state index in [1.807, 2.05) is 6.92 Å². The van der Waals surface area contributed by atoms with Crippen molar-refractivity contribution in [3.05, 3.63) is 27.4 Å². The molecule has 1 aromatic rings. The molecule has 1 heterocycles. The molecule has 4 heteroatoms. The Labute approximate surface area is 106 Å². The first-order valence-corrected chi connectivity index (χ1v) is 6.75. The van der Waals surface area contributed by atoms with Crippen LogP contribution >= 0.6 is 11.6 Å². The van der Waals surface area contributed by atoms with Gasteiger partial charge in [-0.15, -0.1) is 0 Å². The van der Waals surface area contributed by atoms with Gasteiger partial charge in [0.2, 0.25) is 0 Å². The van der Waals surface area contributed by atoms with Crippen molar-refractivity contribution >= 4 is 11.6 Å². The molecule has 3 nitrogen and oxygen atoms in total. The zero-order valence-corrected chi connectivity index (χ0v) is 10.8. The highest BCUT2D eigenvalue weighted by Gasteiger charge is 2.39. The van der Waals surface area contributed by atoms with Crippen LogP contribution in [0.4, 0.5) is 0 Å². The lowest BCUT2D eigenvalue weighted by atomic mass is 9.89. The minimum atomic E-state index is -0.00901. The van der Waals surface area contributed by atoms with Gasteiger partial charge in [0, 0.05) is 12.6 Å². The Kier molecular flexibility index (Phi) is 2.74. The number of fused-ring (bicyclic) bond motifs is 2. The van der Waals surface area contributed by atoms with E-state index in [9.17, 15) is 4.79 Å². The molecule has 0 saturated heterocycles. The van der Waals surface area contributed by atoms with Crippen molar-refractivity contribution in [3.8, 4) is 0 Å². The van der Waals surface area contributed by atoms with Crippen LogP contribution < -0.4 is 5.56 Å². The zero-order chi connectivity index (χ0) is 12.0. The SMILES string of the molecule is Cc1nc(Cl)cc(=O)n1CC1CC2CCC1C2. The summed E-state index contributed by atoms with van der Waals surface area (Å²) in [6.45, 7) is 2.69. The Balaban J connectivity index is 1.84. The first-order chi connectivity index (χ1) is 8.13. The first kappa shape index (κ1) is 11.3. The van der Waals surface area contributed by atoms with Crippen molar-refractivity contribution in [2.45, 2.75) is 39.2 Å². The van der Waals surface area contributed by atoms with E-state index in [2.05, 4.69) is 4.98 Å². The summed E-state index contributed by atoms with van der Waals surface area (Å²) in [7, 11) is 0. The molecule has 1 aromatic heterocycles. The Morgan fingerprint density at radius 3 is 2.88 bits per heavy atom. The Bertz CT molecular complexity index is 497. The molecule has 17 heavy (non-hydrogen) atoms. The molecule has 0 spiro atoms. The largest absolute Gasteiger partial charge is 0.297 e. The second-order valence-corrected chi connectivity index (χ2v) is 5.90. The van der Waals surface area contributed by atoms with Crippen molar-refractivity contribution < 1.29 is 0 Å². The van der Waals surface area contributed by atoms with E-state index in [1.54, 1.807) is 4.57 Å². The maximum absolute atomic E-state index is 11.9. The van der Waals surface area contributed by atoms with Crippen LogP contribution in [0.25, 0.3) is 0 Å². The zero-order valence-electron chi connectivity index (χ0n) is 10.0. The monoisotopic (exact) mass is 252 g/mol. The van der Waals surface area contributed by atoms with Crippen LogP contribution in [0.1, 0.15) is 31.5 Å². The van der Waals surface area contributed by atoms with Gasteiger partial charge in [-0.1, -0.05) is 18.0 Å². The van der Waals surface area contributed by atoms with E-state index in [0.29, 0.717) is 11.1 Å². The highest BCUT2D eigenvalue weighted by molar-refractivity contribution is 6.29. The van der Waals surface area contributed by atoms with E-state index in [-0.39, 0.29) is 5.56 Å². The van der Waals surface area contributed by atoms with Gasteiger partial charge in [-0.2, -0.15) is 0 Å². The molecule has 92 valence electrons. The molecule has 2 saturated carbocycles. The summed E-state index contributed by atoms with van der Waals surface area (Å²) < 4.78 is 1.79. The van der Waals surface area contributed by atoms with Gasteiger partial charge in [0.15, 0.2) is 0 Å². The fourth-order valence-corrected chi connectivity index (χ4v) is 3.86. The maximum atomic E-state index is 11.9. The third kappa shape index (κ3) is 2.01. The topological polar surface area (TPSA) is 34.9 Å². The summed E-state index contributed by atoms with van der Waals surface area (Å²) in [5.41, 5.74) is -0.00901. The molecular formula is C13H17ClN2O. The van der Waals surface area contributed by atoms with E-state index in [0.717, 1.165) is 24.2 Å². The summed E-state index contributed by atoms with van der Waals surface area (Å²) in [5.74, 6) is 3.17. The van der Waals surface area contributed by atoms with Gasteiger partial charge < -0.3 is 0 Å². The first-order valence-electron chi connectivity index (χ1n) is 6.37. The third-order valence-corrected chi connectivity index (χ3v) is 4.66. The molecular weight excluding hydrogens is 236 g/mol. The molecule has 2 aliphatic carbocycles. The molecule has 3 rings (SSSR count). The summed E-state index contributed by atoms with van der Waals surface area (Å²) >= 11 is 5.78. The molecule has 2 fully saturated rings. The van der Waals surface area contributed by atoms with Gasteiger partial charge in [-0.05, 0) is 43.9 Å². The van der Waals surface area contributed by atoms with Crippen LogP contribution in [0.15, 0.2) is 10.9 Å². The molecule has 0 N–H and O–H groups in total. The molecule has 2 bridgehead atoms. The maximum Gasteiger partial charge on any atom is 0.254 e. The van der Waals surface area contributed by atoms with Gasteiger partial charge in [-0.3, -0.25) is 9.36 Å². The highest BCUT2D eigenvalue weighted by Crippen LogP contribution is 2.48. The summed E-state index contributed by atoms with van der Waals surface area (Å²) in [5, 5.41) is 0.302. The van der Waals surface area contributed by atoms with Crippen molar-refractivity contribution in [2.75, 3.05) is 0 Å². The van der Waals surface area contributed by atoms with Crippen molar-refractivity contribution in [1.29, 1.82) is 0 Å². The third-order valence-electron chi connectivity index (χ3n) is 4.47. The minimum absolute atomic E-state index is 0.00901. The van der Waals surface area contributed by atoms with Gasteiger partial charge in [0.25, 0.3) is 5.56 Å². The second kappa shape index (κ2) is 4.13. The van der Waals surface area contributed by atoms with Crippen LogP contribution in [-0.4, -0.2) is 9.55 Å². The van der Waals surface area contributed by atoms with Crippen LogP contribution in [0.5, 0.6) is 0 Å². The van der Waals surface area contributed by atoms with Crippen LogP contribution in [0.3, 0.4) is 0 Å². The van der Waals surface area contributed by atoms with Crippen molar-refractivity contribution in [2.24, 2.45) is 17.8 Å². The summed E-state index contributed by atoms with van der Waals surface area (Å²) in [6, 6.07) is 1.42. The molecule has 2 aliphatic rings. The second-order valence-electron chi connectivity index (χ2n) is 5.51. The lowest BCUT2D eigenvalue weighted by Gasteiger charge is -2.23. The van der Waals surface area contributed by atoms with Crippen molar-refractivity contribution in [3.63, 3.8) is 0 Å². The quantitative estimate of drug-likeness (QED) is 0.759. The fraction of sp³-hybridized carbons (Fsp3) is 0.692. The lowest BCUT2D eigenvalue weighted by Crippen LogP contribution is -2.28. The summed E-state index contributed by atoms with van der Waals surface area (Å²) in [6.07, 6.45) is 5.41. The number of hydrogen-bond donors (Lipinski definition) is 0. The van der Waals surface area contributed by atoms with Gasteiger partial charge >= 0.3 is 0 Å². The average molecular weight is 253 g/mol. The standard InChI is InChI=1S/C13H17ClN2O/c1-8-15-12(14)6-13(17)16(8)7-11-5-9-2-3-10(11)4-9/h6,9-11H,2-5,7H2,1H3. The van der Waals surface area contributed by atoms with Gasteiger partial charge in [0.1, 0.15) is 11.0 Å². The lowest BCUT2D eigenvalue weighted by molar-refractivity contribution is 0.289. The average Bonchev–Trinajstić information content (AvgIpc) is 2.84. The number of halogens is 1. The fourth-order valence-electron chi connectivity index (χ4n) is 3.64. The predicted octanol–water partition coefficient (Wildman–Crippen LogP) is 2.64.